The van der Waals surface area contributed by atoms with Crippen LogP contribution in [0.15, 0.2) is 6.20 Å². The van der Waals surface area contributed by atoms with Crippen LogP contribution in [0.5, 0.6) is 0 Å². The summed E-state index contributed by atoms with van der Waals surface area (Å²) in [4.78, 5) is 19.8. The number of hydrogen-bond acceptors (Lipinski definition) is 5. The number of aromatic nitrogens is 2. The van der Waals surface area contributed by atoms with Gasteiger partial charge >= 0.3 is 5.97 Å². The number of hydrogen-bond donors (Lipinski definition) is 0. The molecule has 1 heterocycles. The van der Waals surface area contributed by atoms with Gasteiger partial charge in [-0.15, -0.1) is 0 Å². The fourth-order valence-corrected chi connectivity index (χ4v) is 1.30. The lowest BCUT2D eigenvalue weighted by Gasteiger charge is -2.10. The molecule has 0 saturated carbocycles. The molecule has 0 aliphatic carbocycles. The summed E-state index contributed by atoms with van der Waals surface area (Å²) < 4.78 is 10.2. The van der Waals surface area contributed by atoms with Crippen molar-refractivity contribution in [1.82, 2.24) is 9.97 Å². The van der Waals surface area contributed by atoms with E-state index in [2.05, 4.69) is 9.97 Å². The van der Waals surface area contributed by atoms with Crippen molar-refractivity contribution < 1.29 is 14.3 Å². The molecule has 5 heteroatoms. The maximum Gasteiger partial charge on any atom is 0.341 e. The topological polar surface area (TPSA) is 61.3 Å². The van der Waals surface area contributed by atoms with Crippen molar-refractivity contribution in [3.63, 3.8) is 0 Å². The average molecular weight is 238 g/mol. The monoisotopic (exact) mass is 238 g/mol. The van der Waals surface area contributed by atoms with Gasteiger partial charge in [-0.05, 0) is 20.8 Å². The maximum absolute atomic E-state index is 11.7. The van der Waals surface area contributed by atoms with Gasteiger partial charge in [-0.25, -0.2) is 14.8 Å². The highest BCUT2D eigenvalue weighted by Gasteiger charge is 2.12. The molecular formula is C12H18N2O3. The molecule has 0 fully saturated rings. The van der Waals surface area contributed by atoms with Crippen LogP contribution in [0.4, 0.5) is 0 Å². The van der Waals surface area contributed by atoms with E-state index in [9.17, 15) is 4.79 Å². The Bertz CT molecular complexity index is 393. The number of carbonyl (C=O) groups is 1. The summed E-state index contributed by atoms with van der Waals surface area (Å²) in [5, 5.41) is 0. The Kier molecular flexibility index (Phi) is 5.03. The molecule has 5 nitrogen and oxygen atoms in total. The highest BCUT2D eigenvalue weighted by molar-refractivity contribution is 5.90. The molecule has 0 aliphatic heterocycles. The van der Waals surface area contributed by atoms with Gasteiger partial charge in [0.15, 0.2) is 0 Å². The van der Waals surface area contributed by atoms with Crippen LogP contribution in [-0.4, -0.2) is 35.8 Å². The van der Waals surface area contributed by atoms with E-state index >= 15 is 0 Å². The smallest absolute Gasteiger partial charge is 0.341 e. The zero-order valence-corrected chi connectivity index (χ0v) is 10.7. The Balaban J connectivity index is 2.52. The van der Waals surface area contributed by atoms with Crippen LogP contribution in [0, 0.1) is 13.8 Å². The summed E-state index contributed by atoms with van der Waals surface area (Å²) in [5.74, 6) is 0.262. The minimum Gasteiger partial charge on any atom is -0.462 e. The molecule has 1 rings (SSSR count). The molecule has 0 bridgehead atoms. The van der Waals surface area contributed by atoms with Crippen molar-refractivity contribution in [2.24, 2.45) is 0 Å². The van der Waals surface area contributed by atoms with Crippen LogP contribution >= 0.6 is 0 Å². The largest absolute Gasteiger partial charge is 0.462 e. The zero-order valence-electron chi connectivity index (χ0n) is 10.7. The number of esters is 1. The summed E-state index contributed by atoms with van der Waals surface area (Å²) in [6.07, 6.45) is 2.26. The third-order valence-corrected chi connectivity index (χ3v) is 2.48. The van der Waals surface area contributed by atoms with Crippen LogP contribution in [0.3, 0.4) is 0 Å². The molecule has 0 amide bonds. The van der Waals surface area contributed by atoms with E-state index in [1.165, 1.54) is 6.20 Å². The van der Waals surface area contributed by atoms with Crippen LogP contribution in [0.2, 0.25) is 0 Å². The second kappa shape index (κ2) is 6.30. The molecule has 17 heavy (non-hydrogen) atoms. The molecule has 0 saturated heterocycles. The number of aryl methyl sites for hydroxylation is 2. The van der Waals surface area contributed by atoms with E-state index in [4.69, 9.17) is 9.47 Å². The van der Waals surface area contributed by atoms with Crippen LogP contribution in [0.1, 0.15) is 35.2 Å². The van der Waals surface area contributed by atoms with Crippen LogP contribution in [-0.2, 0) is 9.47 Å². The van der Waals surface area contributed by atoms with Gasteiger partial charge in [-0.2, -0.15) is 0 Å². The number of carbonyl (C=O) groups excluding carboxylic acids is 1. The lowest BCUT2D eigenvalue weighted by atomic mass is 10.2. The fourth-order valence-electron chi connectivity index (χ4n) is 1.30. The van der Waals surface area contributed by atoms with Crippen molar-refractivity contribution in [3.05, 3.63) is 23.3 Å². The Morgan fingerprint density at radius 1 is 1.47 bits per heavy atom. The Labute approximate surface area is 101 Å². The predicted octanol–water partition coefficient (Wildman–Crippen LogP) is 1.68. The van der Waals surface area contributed by atoms with Gasteiger partial charge in [0, 0.05) is 19.7 Å². The normalized spacial score (nSPS) is 12.2. The molecule has 0 aromatic carbocycles. The van der Waals surface area contributed by atoms with Crippen LogP contribution < -0.4 is 0 Å². The molecule has 1 aromatic rings. The SMILES string of the molecule is CO[C@H](C)CCOC(=O)c1cnc(C)nc1C. The second-order valence-corrected chi connectivity index (χ2v) is 3.89. The standard InChI is InChI=1S/C12H18N2O3/c1-8(16-4)5-6-17-12(15)11-7-13-10(3)14-9(11)2/h7-8H,5-6H2,1-4H3/t8-/m1/s1. The number of nitrogens with zero attached hydrogens (tertiary/aromatic N) is 2. The third-order valence-electron chi connectivity index (χ3n) is 2.48. The molecule has 1 atom stereocenters. The first-order chi connectivity index (χ1) is 8.04. The first-order valence-electron chi connectivity index (χ1n) is 5.54. The first kappa shape index (κ1) is 13.6. The molecule has 0 unspecified atom stereocenters. The number of methoxy groups -OCH3 is 1. The maximum atomic E-state index is 11.7. The van der Waals surface area contributed by atoms with Crippen LogP contribution in [0.25, 0.3) is 0 Å². The molecule has 1 aromatic heterocycles. The summed E-state index contributed by atoms with van der Waals surface area (Å²) in [5.41, 5.74) is 1.06. The van der Waals surface area contributed by atoms with Crippen molar-refractivity contribution in [3.8, 4) is 0 Å². The summed E-state index contributed by atoms with van der Waals surface area (Å²) in [7, 11) is 1.63. The Morgan fingerprint density at radius 2 is 2.18 bits per heavy atom. The zero-order chi connectivity index (χ0) is 12.8. The minimum atomic E-state index is -0.384. The minimum absolute atomic E-state index is 0.0816. The molecule has 0 N–H and O–H groups in total. The van der Waals surface area contributed by atoms with Crippen molar-refractivity contribution in [2.75, 3.05) is 13.7 Å². The molecule has 0 aliphatic rings. The van der Waals surface area contributed by atoms with E-state index in [0.29, 0.717) is 30.1 Å². The average Bonchev–Trinajstić information content (AvgIpc) is 2.28. The van der Waals surface area contributed by atoms with Gasteiger partial charge in [0.2, 0.25) is 0 Å². The summed E-state index contributed by atoms with van der Waals surface area (Å²) in [6, 6.07) is 0. The van der Waals surface area contributed by atoms with Gasteiger partial charge < -0.3 is 9.47 Å². The van der Waals surface area contributed by atoms with E-state index in [-0.39, 0.29) is 12.1 Å². The van der Waals surface area contributed by atoms with Gasteiger partial charge in [0.05, 0.1) is 24.0 Å². The van der Waals surface area contributed by atoms with E-state index < -0.39 is 0 Å². The molecular weight excluding hydrogens is 220 g/mol. The Hall–Kier alpha value is -1.49. The van der Waals surface area contributed by atoms with Crippen molar-refractivity contribution >= 4 is 5.97 Å². The predicted molar refractivity (Wildman–Crippen MR) is 62.9 cm³/mol. The highest BCUT2D eigenvalue weighted by atomic mass is 16.5. The van der Waals surface area contributed by atoms with Crippen molar-refractivity contribution in [2.45, 2.75) is 33.3 Å². The fraction of sp³-hybridized carbons (Fsp3) is 0.583. The van der Waals surface area contributed by atoms with Gasteiger partial charge in [0.1, 0.15) is 5.82 Å². The summed E-state index contributed by atoms with van der Waals surface area (Å²) >= 11 is 0. The second-order valence-electron chi connectivity index (χ2n) is 3.89. The number of rotatable bonds is 5. The molecule has 0 spiro atoms. The van der Waals surface area contributed by atoms with E-state index in [1.54, 1.807) is 21.0 Å². The lowest BCUT2D eigenvalue weighted by molar-refractivity contribution is 0.0389. The number of ether oxygens (including phenoxy) is 2. The highest BCUT2D eigenvalue weighted by Crippen LogP contribution is 2.06. The van der Waals surface area contributed by atoms with E-state index in [0.717, 1.165) is 0 Å². The van der Waals surface area contributed by atoms with Crippen molar-refractivity contribution in [1.29, 1.82) is 0 Å². The third kappa shape index (κ3) is 4.11. The lowest BCUT2D eigenvalue weighted by Crippen LogP contribution is -2.14. The molecule has 94 valence electrons. The van der Waals surface area contributed by atoms with Gasteiger partial charge in [0.25, 0.3) is 0 Å². The quantitative estimate of drug-likeness (QED) is 0.730. The Morgan fingerprint density at radius 3 is 2.76 bits per heavy atom. The van der Waals surface area contributed by atoms with Gasteiger partial charge in [-0.1, -0.05) is 0 Å². The first-order valence-corrected chi connectivity index (χ1v) is 5.54. The van der Waals surface area contributed by atoms with E-state index in [1.807, 2.05) is 6.92 Å². The molecule has 0 radical (unpaired) electrons. The van der Waals surface area contributed by atoms with Gasteiger partial charge in [-0.3, -0.25) is 0 Å². The summed E-state index contributed by atoms with van der Waals surface area (Å²) in [6.45, 7) is 5.81.